The Labute approximate surface area is 107 Å². The molecule has 0 saturated heterocycles. The molecule has 104 valence electrons. The van der Waals surface area contributed by atoms with Gasteiger partial charge in [0, 0.05) is 6.54 Å². The second-order valence-electron chi connectivity index (χ2n) is 4.47. The first-order valence-electron chi connectivity index (χ1n) is 5.84. The van der Waals surface area contributed by atoms with Gasteiger partial charge in [0.2, 0.25) is 0 Å². The number of nitrogens with one attached hydrogen (secondary N) is 2. The van der Waals surface area contributed by atoms with Crippen LogP contribution in [-0.2, 0) is 9.53 Å². The van der Waals surface area contributed by atoms with E-state index < -0.39 is 18.0 Å². The Balaban J connectivity index is 3.82. The van der Waals surface area contributed by atoms with Crippen LogP contribution >= 0.6 is 0 Å². The number of hydrogen-bond acceptors (Lipinski definition) is 3. The Morgan fingerprint density at radius 1 is 1.39 bits per heavy atom. The number of amides is 2. The molecule has 0 bridgehead atoms. The van der Waals surface area contributed by atoms with Crippen LogP contribution in [0.3, 0.4) is 0 Å². The van der Waals surface area contributed by atoms with Crippen LogP contribution in [0.15, 0.2) is 12.2 Å². The van der Waals surface area contributed by atoms with Crippen LogP contribution in [0.2, 0.25) is 0 Å². The van der Waals surface area contributed by atoms with Crippen LogP contribution in [0.4, 0.5) is 4.79 Å². The molecule has 18 heavy (non-hydrogen) atoms. The molecule has 0 radical (unpaired) electrons. The van der Waals surface area contributed by atoms with Gasteiger partial charge in [0.1, 0.15) is 6.04 Å². The Hall–Kier alpha value is -1.56. The molecule has 2 amide bonds. The summed E-state index contributed by atoms with van der Waals surface area (Å²) in [5, 5.41) is 13.8. The van der Waals surface area contributed by atoms with Crippen molar-refractivity contribution >= 4 is 12.0 Å². The quantitative estimate of drug-likeness (QED) is 0.447. The van der Waals surface area contributed by atoms with Gasteiger partial charge in [-0.05, 0) is 12.8 Å². The van der Waals surface area contributed by atoms with Gasteiger partial charge in [-0.25, -0.2) is 9.59 Å². The molecular weight excluding hydrogens is 236 g/mol. The van der Waals surface area contributed by atoms with Crippen molar-refractivity contribution in [1.82, 2.24) is 10.6 Å². The zero-order valence-electron chi connectivity index (χ0n) is 11.2. The van der Waals surface area contributed by atoms with Crippen LogP contribution in [0, 0.1) is 5.92 Å². The van der Waals surface area contributed by atoms with Crippen molar-refractivity contribution in [1.29, 1.82) is 0 Å². The van der Waals surface area contributed by atoms with E-state index in [-0.39, 0.29) is 5.92 Å². The van der Waals surface area contributed by atoms with Crippen molar-refractivity contribution in [3.8, 4) is 0 Å². The molecule has 3 N–H and O–H groups in total. The molecule has 0 spiro atoms. The number of carbonyl (C=O) groups excluding carboxylic acids is 1. The number of aliphatic carboxylic acids is 1. The van der Waals surface area contributed by atoms with E-state index in [0.717, 1.165) is 5.57 Å². The molecule has 0 aromatic heterocycles. The summed E-state index contributed by atoms with van der Waals surface area (Å²) in [4.78, 5) is 22.3. The fourth-order valence-corrected chi connectivity index (χ4v) is 1.19. The van der Waals surface area contributed by atoms with Gasteiger partial charge < -0.3 is 20.5 Å². The summed E-state index contributed by atoms with van der Waals surface area (Å²) in [5.41, 5.74) is 0.908. The standard InChI is InChI=1S/C12H22N2O4/c1-8(2)7-18-6-5-13-12(17)14-10(9(3)4)11(15)16/h9-10H,1,5-7H2,2-4H3,(H,15,16)(H2,13,14,17)/t10-/m1/s1. The first kappa shape index (κ1) is 16.4. The molecule has 0 saturated carbocycles. The van der Waals surface area contributed by atoms with Gasteiger partial charge in [0.15, 0.2) is 0 Å². The van der Waals surface area contributed by atoms with E-state index in [1.54, 1.807) is 13.8 Å². The predicted molar refractivity (Wildman–Crippen MR) is 68.4 cm³/mol. The molecule has 0 aliphatic carbocycles. The first-order valence-corrected chi connectivity index (χ1v) is 5.84. The van der Waals surface area contributed by atoms with E-state index in [0.29, 0.717) is 19.8 Å². The molecule has 0 aromatic carbocycles. The van der Waals surface area contributed by atoms with Crippen LogP contribution in [0.5, 0.6) is 0 Å². The number of ether oxygens (including phenoxy) is 1. The summed E-state index contributed by atoms with van der Waals surface area (Å²) >= 11 is 0. The molecular formula is C12H22N2O4. The highest BCUT2D eigenvalue weighted by atomic mass is 16.5. The summed E-state index contributed by atoms with van der Waals surface area (Å²) in [6.07, 6.45) is 0. The molecule has 0 fully saturated rings. The van der Waals surface area contributed by atoms with Crippen molar-refractivity contribution in [2.45, 2.75) is 26.8 Å². The zero-order valence-corrected chi connectivity index (χ0v) is 11.2. The molecule has 6 heteroatoms. The molecule has 0 rings (SSSR count). The normalized spacial score (nSPS) is 12.0. The highest BCUT2D eigenvalue weighted by molar-refractivity contribution is 5.82. The van der Waals surface area contributed by atoms with Crippen molar-refractivity contribution in [3.05, 3.63) is 12.2 Å². The van der Waals surface area contributed by atoms with Gasteiger partial charge in [-0.3, -0.25) is 0 Å². The van der Waals surface area contributed by atoms with Crippen molar-refractivity contribution in [3.63, 3.8) is 0 Å². The number of carboxylic acids is 1. The Morgan fingerprint density at radius 2 is 2.00 bits per heavy atom. The predicted octanol–water partition coefficient (Wildman–Crippen LogP) is 0.988. The number of carboxylic acid groups (broad SMARTS) is 1. The summed E-state index contributed by atoms with van der Waals surface area (Å²) in [6.45, 7) is 10.1. The third kappa shape index (κ3) is 7.67. The Bertz CT molecular complexity index is 302. The van der Waals surface area contributed by atoms with Gasteiger partial charge >= 0.3 is 12.0 Å². The van der Waals surface area contributed by atoms with E-state index in [9.17, 15) is 9.59 Å². The molecule has 0 unspecified atom stereocenters. The van der Waals surface area contributed by atoms with Gasteiger partial charge in [-0.1, -0.05) is 26.0 Å². The SMILES string of the molecule is C=C(C)COCCNC(=O)N[C@@H](C(=O)O)C(C)C. The van der Waals surface area contributed by atoms with Gasteiger partial charge in [0.25, 0.3) is 0 Å². The second kappa shape index (κ2) is 8.52. The highest BCUT2D eigenvalue weighted by Crippen LogP contribution is 2.00. The first-order chi connectivity index (χ1) is 8.34. The van der Waals surface area contributed by atoms with Crippen molar-refractivity contribution in [2.24, 2.45) is 5.92 Å². The number of hydrogen-bond donors (Lipinski definition) is 3. The van der Waals surface area contributed by atoms with Gasteiger partial charge in [-0.2, -0.15) is 0 Å². The molecule has 0 aliphatic rings. The van der Waals surface area contributed by atoms with E-state index >= 15 is 0 Å². The maximum atomic E-state index is 11.4. The fraction of sp³-hybridized carbons (Fsp3) is 0.667. The molecule has 1 atom stereocenters. The second-order valence-corrected chi connectivity index (χ2v) is 4.47. The summed E-state index contributed by atoms with van der Waals surface area (Å²) in [6, 6.07) is -1.39. The zero-order chi connectivity index (χ0) is 14.1. The topological polar surface area (TPSA) is 87.7 Å². The largest absolute Gasteiger partial charge is 0.480 e. The molecule has 0 aliphatic heterocycles. The van der Waals surface area contributed by atoms with Crippen LogP contribution < -0.4 is 10.6 Å². The van der Waals surface area contributed by atoms with E-state index in [1.165, 1.54) is 0 Å². The van der Waals surface area contributed by atoms with Gasteiger partial charge in [-0.15, -0.1) is 0 Å². The van der Waals surface area contributed by atoms with Crippen molar-refractivity contribution < 1.29 is 19.4 Å². The maximum absolute atomic E-state index is 11.4. The lowest BCUT2D eigenvalue weighted by molar-refractivity contribution is -0.140. The average molecular weight is 258 g/mol. The third-order valence-corrected chi connectivity index (χ3v) is 2.10. The Kier molecular flexibility index (Phi) is 7.78. The third-order valence-electron chi connectivity index (χ3n) is 2.10. The minimum absolute atomic E-state index is 0.173. The maximum Gasteiger partial charge on any atom is 0.326 e. The monoisotopic (exact) mass is 258 g/mol. The number of carbonyl (C=O) groups is 2. The smallest absolute Gasteiger partial charge is 0.326 e. The van der Waals surface area contributed by atoms with E-state index in [2.05, 4.69) is 17.2 Å². The minimum atomic E-state index is -1.04. The highest BCUT2D eigenvalue weighted by Gasteiger charge is 2.22. The molecule has 0 aromatic rings. The molecule has 6 nitrogen and oxygen atoms in total. The number of rotatable bonds is 8. The lowest BCUT2D eigenvalue weighted by Crippen LogP contribution is -2.49. The van der Waals surface area contributed by atoms with E-state index in [1.807, 2.05) is 6.92 Å². The van der Waals surface area contributed by atoms with E-state index in [4.69, 9.17) is 9.84 Å². The fourth-order valence-electron chi connectivity index (χ4n) is 1.19. The average Bonchev–Trinajstić information content (AvgIpc) is 2.24. The lowest BCUT2D eigenvalue weighted by Gasteiger charge is -2.18. The van der Waals surface area contributed by atoms with Crippen molar-refractivity contribution in [2.75, 3.05) is 19.8 Å². The van der Waals surface area contributed by atoms with Crippen LogP contribution in [0.25, 0.3) is 0 Å². The summed E-state index contributed by atoms with van der Waals surface area (Å²) < 4.78 is 5.19. The summed E-state index contributed by atoms with van der Waals surface area (Å²) in [7, 11) is 0. The summed E-state index contributed by atoms with van der Waals surface area (Å²) in [5.74, 6) is -1.22. The lowest BCUT2D eigenvalue weighted by atomic mass is 10.1. The molecule has 0 heterocycles. The number of urea groups is 1. The van der Waals surface area contributed by atoms with Gasteiger partial charge in [0.05, 0.1) is 13.2 Å². The van der Waals surface area contributed by atoms with Crippen LogP contribution in [-0.4, -0.2) is 42.9 Å². The Morgan fingerprint density at radius 3 is 2.44 bits per heavy atom. The van der Waals surface area contributed by atoms with Crippen LogP contribution in [0.1, 0.15) is 20.8 Å². The minimum Gasteiger partial charge on any atom is -0.480 e.